The van der Waals surface area contributed by atoms with Crippen LogP contribution in [0.3, 0.4) is 0 Å². The molecule has 1 aliphatic heterocycles. The molecule has 1 aromatic rings. The number of hydrogen-bond acceptors (Lipinski definition) is 7. The lowest BCUT2D eigenvalue weighted by Crippen LogP contribution is -2.55. The molecule has 9 heteroatoms. The number of benzene rings is 1. The summed E-state index contributed by atoms with van der Waals surface area (Å²) in [6, 6.07) is 3.82. The van der Waals surface area contributed by atoms with Crippen molar-refractivity contribution in [1.82, 2.24) is 9.80 Å². The largest absolute Gasteiger partial charge is 0.495 e. The Morgan fingerprint density at radius 2 is 1.92 bits per heavy atom. The van der Waals surface area contributed by atoms with Gasteiger partial charge in [-0.05, 0) is 19.9 Å². The molecule has 1 fully saturated rings. The third-order valence-electron chi connectivity index (χ3n) is 4.82. The lowest BCUT2D eigenvalue weighted by Gasteiger charge is -2.39. The molecule has 0 radical (unpaired) electrons. The molecule has 2 atom stereocenters. The first-order valence-corrected chi connectivity index (χ1v) is 8.59. The Morgan fingerprint density at radius 1 is 1.31 bits per heavy atom. The summed E-state index contributed by atoms with van der Waals surface area (Å²) in [5.41, 5.74) is 0.173. The summed E-state index contributed by atoms with van der Waals surface area (Å²) in [6.07, 6.45) is 0. The quantitative estimate of drug-likeness (QED) is 0.546. The molecule has 26 heavy (non-hydrogen) atoms. The fourth-order valence-electron chi connectivity index (χ4n) is 2.99. The maximum absolute atomic E-state index is 12.6. The van der Waals surface area contributed by atoms with Gasteiger partial charge in [0.15, 0.2) is 0 Å². The predicted molar refractivity (Wildman–Crippen MR) is 97.4 cm³/mol. The zero-order chi connectivity index (χ0) is 19.3. The van der Waals surface area contributed by atoms with Gasteiger partial charge in [0.05, 0.1) is 30.4 Å². The van der Waals surface area contributed by atoms with Crippen molar-refractivity contribution < 1.29 is 19.6 Å². The lowest BCUT2D eigenvalue weighted by molar-refractivity contribution is -0.384. The minimum atomic E-state index is -0.514. The van der Waals surface area contributed by atoms with Crippen LogP contribution in [0.4, 0.5) is 11.4 Å². The Labute approximate surface area is 152 Å². The highest BCUT2D eigenvalue weighted by molar-refractivity contribution is 5.96. The van der Waals surface area contributed by atoms with Gasteiger partial charge in [-0.1, -0.05) is 0 Å². The molecule has 0 aromatic heterocycles. The topological polar surface area (TPSA) is 108 Å². The van der Waals surface area contributed by atoms with Crippen molar-refractivity contribution in [3.63, 3.8) is 0 Å². The van der Waals surface area contributed by atoms with Gasteiger partial charge in [-0.15, -0.1) is 0 Å². The van der Waals surface area contributed by atoms with Crippen LogP contribution in [0.2, 0.25) is 0 Å². The molecule has 2 N–H and O–H groups in total. The predicted octanol–water partition coefficient (Wildman–Crippen LogP) is 0.929. The van der Waals surface area contributed by atoms with Crippen LogP contribution in [0.15, 0.2) is 18.2 Å². The van der Waals surface area contributed by atoms with Crippen molar-refractivity contribution in [3.8, 4) is 5.75 Å². The maximum atomic E-state index is 12.6. The molecule has 1 saturated heterocycles. The molecule has 0 bridgehead atoms. The fourth-order valence-corrected chi connectivity index (χ4v) is 2.99. The lowest BCUT2D eigenvalue weighted by atomic mass is 10.1. The van der Waals surface area contributed by atoms with Crippen molar-refractivity contribution in [2.75, 3.05) is 45.2 Å². The van der Waals surface area contributed by atoms with Crippen molar-refractivity contribution >= 4 is 17.3 Å². The number of rotatable bonds is 7. The van der Waals surface area contributed by atoms with Crippen molar-refractivity contribution in [2.45, 2.75) is 25.9 Å². The average Bonchev–Trinajstić information content (AvgIpc) is 2.66. The number of ether oxygens (including phenoxy) is 1. The summed E-state index contributed by atoms with van der Waals surface area (Å²) in [7, 11) is 1.45. The van der Waals surface area contributed by atoms with Gasteiger partial charge >= 0.3 is 0 Å². The average molecular weight is 366 g/mol. The Balaban J connectivity index is 2.01. The second-order valence-corrected chi connectivity index (χ2v) is 6.41. The monoisotopic (exact) mass is 366 g/mol. The van der Waals surface area contributed by atoms with E-state index in [4.69, 9.17) is 4.74 Å². The molecule has 0 unspecified atom stereocenters. The molecule has 1 amide bonds. The SMILES string of the molecule is COc1ccc([N+](=O)[O-])cc1NC(=O)[C@@H](C)N1CCN([C@H](C)CO)CC1. The first-order chi connectivity index (χ1) is 12.4. The molecule has 0 spiro atoms. The number of aliphatic hydroxyl groups excluding tert-OH is 1. The van der Waals surface area contributed by atoms with E-state index in [0.717, 1.165) is 13.1 Å². The van der Waals surface area contributed by atoms with Crippen molar-refractivity contribution in [1.29, 1.82) is 0 Å². The van der Waals surface area contributed by atoms with Crippen LogP contribution in [-0.2, 0) is 4.79 Å². The third-order valence-corrected chi connectivity index (χ3v) is 4.82. The Hall–Kier alpha value is -2.23. The molecule has 2 rings (SSSR count). The highest BCUT2D eigenvalue weighted by Gasteiger charge is 2.27. The Bertz CT molecular complexity index is 646. The molecule has 1 aromatic carbocycles. The zero-order valence-corrected chi connectivity index (χ0v) is 15.3. The Kier molecular flexibility index (Phi) is 6.90. The van der Waals surface area contributed by atoms with Gasteiger partial charge in [0, 0.05) is 44.4 Å². The van der Waals surface area contributed by atoms with Gasteiger partial charge in [-0.2, -0.15) is 0 Å². The highest BCUT2D eigenvalue weighted by atomic mass is 16.6. The van der Waals surface area contributed by atoms with E-state index in [0.29, 0.717) is 18.8 Å². The zero-order valence-electron chi connectivity index (χ0n) is 15.3. The number of anilines is 1. The number of nitrogens with one attached hydrogen (secondary N) is 1. The summed E-state index contributed by atoms with van der Waals surface area (Å²) >= 11 is 0. The van der Waals surface area contributed by atoms with Crippen LogP contribution in [0.25, 0.3) is 0 Å². The number of aliphatic hydroxyl groups is 1. The van der Waals surface area contributed by atoms with Crippen LogP contribution >= 0.6 is 0 Å². The van der Waals surface area contributed by atoms with Crippen LogP contribution in [-0.4, -0.2) is 77.7 Å². The summed E-state index contributed by atoms with van der Waals surface area (Å²) < 4.78 is 5.18. The minimum absolute atomic E-state index is 0.107. The van der Waals surface area contributed by atoms with Gasteiger partial charge in [0.2, 0.25) is 5.91 Å². The number of non-ortho nitro benzene ring substituents is 1. The number of nitro benzene ring substituents is 1. The van der Waals surface area contributed by atoms with E-state index in [1.165, 1.54) is 25.3 Å². The van der Waals surface area contributed by atoms with Crippen LogP contribution in [0, 0.1) is 10.1 Å². The van der Waals surface area contributed by atoms with Gasteiger partial charge < -0.3 is 15.2 Å². The van der Waals surface area contributed by atoms with Gasteiger partial charge in [0.1, 0.15) is 5.75 Å². The number of carbonyl (C=O) groups excluding carboxylic acids is 1. The molecular formula is C17H26N4O5. The molecule has 9 nitrogen and oxygen atoms in total. The number of carbonyl (C=O) groups is 1. The van der Waals surface area contributed by atoms with Gasteiger partial charge in [-0.25, -0.2) is 0 Å². The van der Waals surface area contributed by atoms with Crippen LogP contribution in [0.5, 0.6) is 5.75 Å². The van der Waals surface area contributed by atoms with E-state index in [2.05, 4.69) is 15.1 Å². The second kappa shape index (κ2) is 8.93. The normalized spacial score (nSPS) is 18.2. The third kappa shape index (κ3) is 4.69. The molecule has 1 heterocycles. The van der Waals surface area contributed by atoms with E-state index in [1.807, 2.05) is 13.8 Å². The summed E-state index contributed by atoms with van der Waals surface area (Å²) in [5.74, 6) is 0.130. The first-order valence-electron chi connectivity index (χ1n) is 8.59. The first kappa shape index (κ1) is 20.1. The summed E-state index contributed by atoms with van der Waals surface area (Å²) in [4.78, 5) is 27.3. The minimum Gasteiger partial charge on any atom is -0.495 e. The van der Waals surface area contributed by atoms with Gasteiger partial charge in [-0.3, -0.25) is 24.7 Å². The number of nitrogens with zero attached hydrogens (tertiary/aromatic N) is 3. The van der Waals surface area contributed by atoms with Crippen molar-refractivity contribution in [3.05, 3.63) is 28.3 Å². The van der Waals surface area contributed by atoms with E-state index >= 15 is 0 Å². The number of nitro groups is 1. The fraction of sp³-hybridized carbons (Fsp3) is 0.588. The van der Waals surface area contributed by atoms with Crippen molar-refractivity contribution in [2.24, 2.45) is 0 Å². The summed E-state index contributed by atoms with van der Waals surface area (Å²) in [5, 5.41) is 22.9. The summed E-state index contributed by atoms with van der Waals surface area (Å²) in [6.45, 7) is 6.88. The van der Waals surface area contributed by atoms with Crippen LogP contribution in [0.1, 0.15) is 13.8 Å². The molecule has 0 saturated carbocycles. The van der Waals surface area contributed by atoms with E-state index < -0.39 is 4.92 Å². The van der Waals surface area contributed by atoms with E-state index in [1.54, 1.807) is 0 Å². The van der Waals surface area contributed by atoms with Gasteiger partial charge in [0.25, 0.3) is 5.69 Å². The van der Waals surface area contributed by atoms with E-state index in [9.17, 15) is 20.0 Å². The molecule has 0 aliphatic carbocycles. The van der Waals surface area contributed by atoms with Crippen LogP contribution < -0.4 is 10.1 Å². The molecule has 1 aliphatic rings. The molecule has 144 valence electrons. The second-order valence-electron chi connectivity index (χ2n) is 6.41. The number of hydrogen-bond donors (Lipinski definition) is 2. The smallest absolute Gasteiger partial charge is 0.271 e. The standard InChI is InChI=1S/C17H26N4O5/c1-12(11-22)19-6-8-20(9-7-19)13(2)17(23)18-15-10-14(21(24)25)4-5-16(15)26-3/h4-5,10,12-13,22H,6-9,11H2,1-3H3,(H,18,23)/t12-,13-/m1/s1. The van der Waals surface area contributed by atoms with E-state index in [-0.39, 0.29) is 36.0 Å². The molecular weight excluding hydrogens is 340 g/mol. The Morgan fingerprint density at radius 3 is 2.46 bits per heavy atom. The number of piperazine rings is 1. The number of amides is 1. The number of methoxy groups -OCH3 is 1. The maximum Gasteiger partial charge on any atom is 0.271 e. The highest BCUT2D eigenvalue weighted by Crippen LogP contribution is 2.29.